The molecule has 0 spiro atoms. The Bertz CT molecular complexity index is 719. The van der Waals surface area contributed by atoms with Crippen LogP contribution in [0.25, 0.3) is 10.9 Å². The molecule has 1 heterocycles. The Morgan fingerprint density at radius 3 is 2.48 bits per heavy atom. The first-order valence-corrected chi connectivity index (χ1v) is 6.48. The topological polar surface area (TPSA) is 48.3 Å². The molecule has 0 atom stereocenters. The summed E-state index contributed by atoms with van der Waals surface area (Å²) in [6.07, 6.45) is 0. The summed E-state index contributed by atoms with van der Waals surface area (Å²) in [7, 11) is 0. The zero-order valence-electron chi connectivity index (χ0n) is 11.9. The molecule has 0 saturated carbocycles. The van der Waals surface area contributed by atoms with Gasteiger partial charge in [-0.05, 0) is 25.5 Å². The van der Waals surface area contributed by atoms with Gasteiger partial charge in [-0.3, -0.25) is 9.36 Å². The predicted molar refractivity (Wildman–Crippen MR) is 73.5 cm³/mol. The van der Waals surface area contributed by atoms with E-state index in [-0.39, 0.29) is 12.2 Å². The Morgan fingerprint density at radius 1 is 1.29 bits per heavy atom. The van der Waals surface area contributed by atoms with Crippen LogP contribution in [0.3, 0.4) is 0 Å². The first-order chi connectivity index (χ1) is 9.82. The fourth-order valence-electron chi connectivity index (χ4n) is 2.42. The van der Waals surface area contributed by atoms with Crippen LogP contribution in [0.15, 0.2) is 24.3 Å². The number of rotatable bonds is 3. The molecular formula is C15H15F2NO3. The number of benzene rings is 1. The van der Waals surface area contributed by atoms with Crippen molar-refractivity contribution in [2.24, 2.45) is 0 Å². The Kier molecular flexibility index (Phi) is 3.80. The smallest absolute Gasteiger partial charge is 0.383 e. The number of hydrogen-bond acceptors (Lipinski definition) is 3. The molecule has 21 heavy (non-hydrogen) atoms. The van der Waals surface area contributed by atoms with E-state index in [1.54, 1.807) is 24.3 Å². The molecule has 0 bridgehead atoms. The molecule has 112 valence electrons. The van der Waals surface area contributed by atoms with Crippen LogP contribution in [0.2, 0.25) is 0 Å². The number of alkyl halides is 2. The lowest BCUT2D eigenvalue weighted by molar-refractivity contribution is -0.173. The third-order valence-corrected chi connectivity index (χ3v) is 3.27. The van der Waals surface area contributed by atoms with Crippen LogP contribution in [0.4, 0.5) is 8.78 Å². The predicted octanol–water partition coefficient (Wildman–Crippen LogP) is 3.26. The zero-order chi connectivity index (χ0) is 15.8. The minimum atomic E-state index is -3.88. The van der Waals surface area contributed by atoms with Crippen LogP contribution in [0.1, 0.15) is 29.9 Å². The number of esters is 1. The van der Waals surface area contributed by atoms with Crippen LogP contribution < -0.4 is 0 Å². The maximum absolute atomic E-state index is 14.4. The number of hydrogen-bond donors (Lipinski definition) is 0. The molecule has 2 rings (SSSR count). The summed E-state index contributed by atoms with van der Waals surface area (Å²) in [4.78, 5) is 23.4. The van der Waals surface area contributed by atoms with Crippen molar-refractivity contribution in [3.8, 4) is 0 Å². The van der Waals surface area contributed by atoms with E-state index in [4.69, 9.17) is 0 Å². The molecule has 0 aliphatic heterocycles. The van der Waals surface area contributed by atoms with Crippen LogP contribution in [-0.2, 0) is 15.5 Å². The summed E-state index contributed by atoms with van der Waals surface area (Å²) < 4.78 is 34.1. The number of fused-ring (bicyclic) bond motifs is 1. The molecule has 0 aliphatic rings. The highest BCUT2D eigenvalue weighted by molar-refractivity contribution is 5.97. The average Bonchev–Trinajstić information content (AvgIpc) is 2.73. The summed E-state index contributed by atoms with van der Waals surface area (Å²) in [5, 5.41) is 0.506. The molecule has 4 nitrogen and oxygen atoms in total. The van der Waals surface area contributed by atoms with Gasteiger partial charge in [-0.25, -0.2) is 4.79 Å². The van der Waals surface area contributed by atoms with Crippen LogP contribution >= 0.6 is 0 Å². The van der Waals surface area contributed by atoms with E-state index in [1.807, 2.05) is 0 Å². The lowest BCUT2D eigenvalue weighted by atomic mass is 10.1. The van der Waals surface area contributed by atoms with E-state index in [9.17, 15) is 18.4 Å². The molecule has 1 aromatic heterocycles. The van der Waals surface area contributed by atoms with Crippen molar-refractivity contribution in [1.29, 1.82) is 0 Å². The maximum atomic E-state index is 14.4. The van der Waals surface area contributed by atoms with Gasteiger partial charge in [-0.1, -0.05) is 18.2 Å². The lowest BCUT2D eigenvalue weighted by Gasteiger charge is -2.17. The van der Waals surface area contributed by atoms with Gasteiger partial charge < -0.3 is 4.74 Å². The highest BCUT2D eigenvalue weighted by Crippen LogP contribution is 2.37. The van der Waals surface area contributed by atoms with E-state index >= 15 is 0 Å². The van der Waals surface area contributed by atoms with Crippen LogP contribution in [0.5, 0.6) is 0 Å². The van der Waals surface area contributed by atoms with Crippen LogP contribution in [0, 0.1) is 6.92 Å². The molecule has 0 aliphatic carbocycles. The van der Waals surface area contributed by atoms with Crippen molar-refractivity contribution in [1.82, 2.24) is 4.57 Å². The minimum Gasteiger partial charge on any atom is -0.461 e. The number of halogens is 2. The fraction of sp³-hybridized carbons (Fsp3) is 0.333. The molecule has 0 saturated heterocycles. The van der Waals surface area contributed by atoms with Crippen LogP contribution in [-0.4, -0.2) is 23.1 Å². The highest BCUT2D eigenvalue weighted by atomic mass is 19.3. The third kappa shape index (κ3) is 2.30. The monoisotopic (exact) mass is 295 g/mol. The van der Waals surface area contributed by atoms with Crippen molar-refractivity contribution >= 4 is 22.8 Å². The number of nitrogens with zero attached hydrogens (tertiary/aromatic N) is 1. The second-order valence-corrected chi connectivity index (χ2v) is 4.64. The fourth-order valence-corrected chi connectivity index (χ4v) is 2.42. The molecule has 1 aromatic carbocycles. The number of aromatic nitrogens is 1. The number of ether oxygens (including phenoxy) is 1. The van der Waals surface area contributed by atoms with Gasteiger partial charge in [0.1, 0.15) is 5.69 Å². The Balaban J connectivity index is 2.79. The molecule has 0 fully saturated rings. The highest BCUT2D eigenvalue weighted by Gasteiger charge is 2.47. The number of aryl methyl sites for hydroxylation is 1. The molecule has 6 heteroatoms. The molecule has 0 unspecified atom stereocenters. The summed E-state index contributed by atoms with van der Waals surface area (Å²) >= 11 is 0. The van der Waals surface area contributed by atoms with Gasteiger partial charge in [0.25, 0.3) is 0 Å². The standard InChI is InChI=1S/C15H15F2NO3/c1-4-21-14(20)15(16,17)13-9(2)11-7-5-6-8-12(11)18(13)10(3)19/h5-8H,4H2,1-3H3. The zero-order valence-corrected chi connectivity index (χ0v) is 11.9. The van der Waals surface area contributed by atoms with E-state index in [2.05, 4.69) is 4.74 Å². The van der Waals surface area contributed by atoms with Crippen molar-refractivity contribution in [2.45, 2.75) is 26.7 Å². The summed E-state index contributed by atoms with van der Waals surface area (Å²) in [6, 6.07) is 6.53. The van der Waals surface area contributed by atoms with E-state index in [1.165, 1.54) is 20.8 Å². The molecule has 0 amide bonds. The SMILES string of the molecule is CCOC(=O)C(F)(F)c1c(C)c2ccccc2n1C(C)=O. The molecule has 0 N–H and O–H groups in total. The van der Waals surface area contributed by atoms with Gasteiger partial charge in [0, 0.05) is 12.3 Å². The quantitative estimate of drug-likeness (QED) is 0.817. The van der Waals surface area contributed by atoms with Crippen molar-refractivity contribution < 1.29 is 23.1 Å². The van der Waals surface area contributed by atoms with E-state index in [0.717, 1.165) is 4.57 Å². The van der Waals surface area contributed by atoms with E-state index in [0.29, 0.717) is 10.9 Å². The Hall–Kier alpha value is -2.24. The minimum absolute atomic E-state index is 0.159. The molecule has 0 radical (unpaired) electrons. The van der Waals surface area contributed by atoms with Gasteiger partial charge in [0.05, 0.1) is 12.1 Å². The first-order valence-electron chi connectivity index (χ1n) is 6.48. The summed E-state index contributed by atoms with van der Waals surface area (Å²) in [5.41, 5.74) is -0.0880. The van der Waals surface area contributed by atoms with Crippen molar-refractivity contribution in [3.63, 3.8) is 0 Å². The third-order valence-electron chi connectivity index (χ3n) is 3.27. The van der Waals surface area contributed by atoms with Gasteiger partial charge >= 0.3 is 11.9 Å². The first kappa shape index (κ1) is 15.2. The van der Waals surface area contributed by atoms with Gasteiger partial charge in [-0.15, -0.1) is 0 Å². The number of carbonyl (C=O) groups excluding carboxylic acids is 2. The summed E-state index contributed by atoms with van der Waals surface area (Å²) in [6.45, 7) is 3.93. The Morgan fingerprint density at radius 2 is 1.90 bits per heavy atom. The number of para-hydroxylation sites is 1. The number of carbonyl (C=O) groups is 2. The van der Waals surface area contributed by atoms with E-state index < -0.39 is 23.5 Å². The van der Waals surface area contributed by atoms with Gasteiger partial charge in [0.2, 0.25) is 5.91 Å². The summed E-state index contributed by atoms with van der Waals surface area (Å²) in [5.74, 6) is -6.12. The van der Waals surface area contributed by atoms with Gasteiger partial charge in [-0.2, -0.15) is 8.78 Å². The van der Waals surface area contributed by atoms with Crippen molar-refractivity contribution in [2.75, 3.05) is 6.61 Å². The average molecular weight is 295 g/mol. The maximum Gasteiger partial charge on any atom is 0.383 e. The molecule has 2 aromatic rings. The molecular weight excluding hydrogens is 280 g/mol. The van der Waals surface area contributed by atoms with Crippen molar-refractivity contribution in [3.05, 3.63) is 35.5 Å². The second kappa shape index (κ2) is 5.27. The largest absolute Gasteiger partial charge is 0.461 e. The normalized spacial score (nSPS) is 11.7. The Labute approximate surface area is 120 Å². The second-order valence-electron chi connectivity index (χ2n) is 4.64. The lowest BCUT2D eigenvalue weighted by Crippen LogP contribution is -2.32. The van der Waals surface area contributed by atoms with Gasteiger partial charge in [0.15, 0.2) is 0 Å².